The van der Waals surface area contributed by atoms with Gasteiger partial charge in [0, 0.05) is 19.2 Å². The first kappa shape index (κ1) is 12.6. The smallest absolute Gasteiger partial charge is 0.246 e. The molecule has 0 aliphatic carbocycles. The number of hydrogen-bond acceptors (Lipinski definition) is 3. The number of methoxy groups -OCH3 is 1. The maximum absolute atomic E-state index is 11.8. The molecule has 1 aliphatic rings. The molecular formula is C14H17NO3. The Morgan fingerprint density at radius 3 is 2.72 bits per heavy atom. The molecule has 4 nitrogen and oxygen atoms in total. The molecule has 0 spiro atoms. The standard InChI is InChI=1S/C14H17NO3/c1-18-13-5-2-11(3-6-13)4-7-14(17)15-9-8-12(16)10-15/h2-7,12,16H,8-10H2,1H3. The summed E-state index contributed by atoms with van der Waals surface area (Å²) in [6.45, 7) is 1.07. The zero-order valence-corrected chi connectivity index (χ0v) is 10.4. The number of nitrogens with zero attached hydrogens (tertiary/aromatic N) is 1. The molecule has 2 rings (SSSR count). The molecule has 1 atom stereocenters. The van der Waals surface area contributed by atoms with Crippen LogP contribution in [-0.2, 0) is 4.79 Å². The van der Waals surface area contributed by atoms with Crippen LogP contribution in [0, 0.1) is 0 Å². The van der Waals surface area contributed by atoms with Crippen LogP contribution in [0.2, 0.25) is 0 Å². The molecule has 4 heteroatoms. The van der Waals surface area contributed by atoms with Gasteiger partial charge >= 0.3 is 0 Å². The first-order valence-electron chi connectivity index (χ1n) is 5.98. The number of carbonyl (C=O) groups is 1. The van der Waals surface area contributed by atoms with Crippen LogP contribution < -0.4 is 4.74 Å². The van der Waals surface area contributed by atoms with Gasteiger partial charge < -0.3 is 14.7 Å². The maximum Gasteiger partial charge on any atom is 0.246 e. The van der Waals surface area contributed by atoms with Gasteiger partial charge in [-0.05, 0) is 30.2 Å². The highest BCUT2D eigenvalue weighted by Crippen LogP contribution is 2.13. The second-order valence-corrected chi connectivity index (χ2v) is 4.33. The third kappa shape index (κ3) is 3.11. The summed E-state index contributed by atoms with van der Waals surface area (Å²) in [6, 6.07) is 7.48. The lowest BCUT2D eigenvalue weighted by Gasteiger charge is -2.12. The average molecular weight is 247 g/mol. The average Bonchev–Trinajstić information content (AvgIpc) is 2.83. The number of likely N-dealkylation sites (tertiary alicyclic amines) is 1. The number of ether oxygens (including phenoxy) is 1. The van der Waals surface area contributed by atoms with Gasteiger partial charge in [-0.25, -0.2) is 0 Å². The molecule has 0 aromatic heterocycles. The van der Waals surface area contributed by atoms with Crippen molar-refractivity contribution in [3.05, 3.63) is 35.9 Å². The van der Waals surface area contributed by atoms with Gasteiger partial charge in [-0.2, -0.15) is 0 Å². The highest BCUT2D eigenvalue weighted by Gasteiger charge is 2.22. The summed E-state index contributed by atoms with van der Waals surface area (Å²) < 4.78 is 5.06. The number of amides is 1. The summed E-state index contributed by atoms with van der Waals surface area (Å²) in [5.41, 5.74) is 0.948. The van der Waals surface area contributed by atoms with E-state index in [-0.39, 0.29) is 12.0 Å². The quantitative estimate of drug-likeness (QED) is 0.819. The first-order valence-corrected chi connectivity index (χ1v) is 5.98. The summed E-state index contributed by atoms with van der Waals surface area (Å²) in [5.74, 6) is 0.739. The molecule has 1 fully saturated rings. The lowest BCUT2D eigenvalue weighted by molar-refractivity contribution is -0.125. The third-order valence-electron chi connectivity index (χ3n) is 3.01. The number of aliphatic hydroxyl groups is 1. The molecule has 1 aliphatic heterocycles. The number of carbonyl (C=O) groups excluding carboxylic acids is 1. The Bertz CT molecular complexity index is 439. The number of rotatable bonds is 3. The van der Waals surface area contributed by atoms with E-state index >= 15 is 0 Å². The Hall–Kier alpha value is -1.81. The van der Waals surface area contributed by atoms with Gasteiger partial charge in [-0.15, -0.1) is 0 Å². The lowest BCUT2D eigenvalue weighted by Crippen LogP contribution is -2.27. The van der Waals surface area contributed by atoms with Crippen LogP contribution in [-0.4, -0.2) is 42.2 Å². The number of benzene rings is 1. The molecule has 1 N–H and O–H groups in total. The highest BCUT2D eigenvalue weighted by atomic mass is 16.5. The van der Waals surface area contributed by atoms with Gasteiger partial charge in [0.05, 0.1) is 13.2 Å². The molecule has 1 unspecified atom stereocenters. The van der Waals surface area contributed by atoms with E-state index in [4.69, 9.17) is 4.74 Å². The fraction of sp³-hybridized carbons (Fsp3) is 0.357. The second-order valence-electron chi connectivity index (χ2n) is 4.33. The topological polar surface area (TPSA) is 49.8 Å². The van der Waals surface area contributed by atoms with Crippen molar-refractivity contribution < 1.29 is 14.6 Å². The molecule has 1 amide bonds. The van der Waals surface area contributed by atoms with Crippen molar-refractivity contribution in [3.8, 4) is 5.75 Å². The third-order valence-corrected chi connectivity index (χ3v) is 3.01. The van der Waals surface area contributed by atoms with E-state index in [9.17, 15) is 9.90 Å². The molecule has 1 saturated heterocycles. The van der Waals surface area contributed by atoms with Crippen molar-refractivity contribution in [1.29, 1.82) is 0 Å². The Labute approximate surface area is 106 Å². The van der Waals surface area contributed by atoms with Crippen molar-refractivity contribution in [3.63, 3.8) is 0 Å². The molecular weight excluding hydrogens is 230 g/mol. The summed E-state index contributed by atoms with van der Waals surface area (Å²) >= 11 is 0. The Balaban J connectivity index is 1.95. The van der Waals surface area contributed by atoms with E-state index in [2.05, 4.69) is 0 Å². The van der Waals surface area contributed by atoms with Crippen molar-refractivity contribution >= 4 is 12.0 Å². The van der Waals surface area contributed by atoms with Crippen LogP contribution in [0.4, 0.5) is 0 Å². The van der Waals surface area contributed by atoms with Crippen molar-refractivity contribution in [2.45, 2.75) is 12.5 Å². The zero-order valence-electron chi connectivity index (χ0n) is 10.4. The largest absolute Gasteiger partial charge is 0.497 e. The maximum atomic E-state index is 11.8. The molecule has 1 aromatic rings. The molecule has 0 saturated carbocycles. The van der Waals surface area contributed by atoms with E-state index in [0.29, 0.717) is 19.5 Å². The predicted molar refractivity (Wildman–Crippen MR) is 69.2 cm³/mol. The van der Waals surface area contributed by atoms with Crippen molar-refractivity contribution in [2.75, 3.05) is 20.2 Å². The van der Waals surface area contributed by atoms with Gasteiger partial charge in [0.15, 0.2) is 0 Å². The minimum Gasteiger partial charge on any atom is -0.497 e. The van der Waals surface area contributed by atoms with E-state index < -0.39 is 0 Å². The Kier molecular flexibility index (Phi) is 3.99. The SMILES string of the molecule is COc1ccc(C=CC(=O)N2CCC(O)C2)cc1. The fourth-order valence-electron chi connectivity index (χ4n) is 1.93. The minimum atomic E-state index is -0.372. The minimum absolute atomic E-state index is 0.0534. The lowest BCUT2D eigenvalue weighted by atomic mass is 10.2. The van der Waals surface area contributed by atoms with Gasteiger partial charge in [-0.1, -0.05) is 12.1 Å². The van der Waals surface area contributed by atoms with Crippen molar-refractivity contribution in [2.24, 2.45) is 0 Å². The second kappa shape index (κ2) is 5.69. The van der Waals surface area contributed by atoms with E-state index in [0.717, 1.165) is 11.3 Å². The van der Waals surface area contributed by atoms with Gasteiger partial charge in [0.1, 0.15) is 5.75 Å². The summed E-state index contributed by atoms with van der Waals surface area (Å²) in [7, 11) is 1.62. The zero-order chi connectivity index (χ0) is 13.0. The Morgan fingerprint density at radius 2 is 2.17 bits per heavy atom. The first-order chi connectivity index (χ1) is 8.69. The van der Waals surface area contributed by atoms with Crippen LogP contribution in [0.25, 0.3) is 6.08 Å². The number of hydrogen-bond donors (Lipinski definition) is 1. The molecule has 18 heavy (non-hydrogen) atoms. The summed E-state index contributed by atoms with van der Waals surface area (Å²) in [5, 5.41) is 9.36. The highest BCUT2D eigenvalue weighted by molar-refractivity contribution is 5.92. The summed E-state index contributed by atoms with van der Waals surface area (Å²) in [4.78, 5) is 13.4. The summed E-state index contributed by atoms with van der Waals surface area (Å²) in [6.07, 6.45) is 3.61. The van der Waals surface area contributed by atoms with Crippen LogP contribution in [0.15, 0.2) is 30.3 Å². The fourth-order valence-corrected chi connectivity index (χ4v) is 1.93. The van der Waals surface area contributed by atoms with Crippen LogP contribution >= 0.6 is 0 Å². The molecule has 1 aromatic carbocycles. The van der Waals surface area contributed by atoms with Crippen LogP contribution in [0.3, 0.4) is 0 Å². The monoisotopic (exact) mass is 247 g/mol. The normalized spacial score (nSPS) is 19.4. The van der Waals surface area contributed by atoms with E-state index in [1.807, 2.05) is 24.3 Å². The van der Waals surface area contributed by atoms with Gasteiger partial charge in [0.25, 0.3) is 0 Å². The van der Waals surface area contributed by atoms with Crippen molar-refractivity contribution in [1.82, 2.24) is 4.90 Å². The molecule has 1 heterocycles. The van der Waals surface area contributed by atoms with E-state index in [1.54, 1.807) is 24.2 Å². The Morgan fingerprint density at radius 1 is 1.44 bits per heavy atom. The predicted octanol–water partition coefficient (Wildman–Crippen LogP) is 1.30. The van der Waals surface area contributed by atoms with Gasteiger partial charge in [-0.3, -0.25) is 4.79 Å². The van der Waals surface area contributed by atoms with Crippen LogP contribution in [0.5, 0.6) is 5.75 Å². The molecule has 96 valence electrons. The van der Waals surface area contributed by atoms with Crippen LogP contribution in [0.1, 0.15) is 12.0 Å². The number of β-amino-alcohol motifs (C(OH)–C–C–N with tert-alkyl or cyclic N) is 1. The van der Waals surface area contributed by atoms with E-state index in [1.165, 1.54) is 0 Å². The molecule has 0 radical (unpaired) electrons. The molecule has 0 bridgehead atoms. The van der Waals surface area contributed by atoms with Gasteiger partial charge in [0.2, 0.25) is 5.91 Å². The number of aliphatic hydroxyl groups excluding tert-OH is 1.